The second-order valence-corrected chi connectivity index (χ2v) is 4.00. The maximum absolute atomic E-state index is 11.1. The van der Waals surface area contributed by atoms with Crippen molar-refractivity contribution in [3.05, 3.63) is 35.9 Å². The van der Waals surface area contributed by atoms with Crippen molar-refractivity contribution < 1.29 is 9.53 Å². The highest BCUT2D eigenvalue weighted by molar-refractivity contribution is 6.01. The van der Waals surface area contributed by atoms with Gasteiger partial charge >= 0.3 is 5.97 Å². The van der Waals surface area contributed by atoms with Gasteiger partial charge < -0.3 is 4.74 Å². The summed E-state index contributed by atoms with van der Waals surface area (Å²) in [7, 11) is 1.43. The predicted octanol–water partition coefficient (Wildman–Crippen LogP) is 2.06. The number of carbonyl (C=O) groups excluding carboxylic acids is 1. The Bertz CT molecular complexity index is 398. The molecule has 2 rings (SSSR count). The lowest BCUT2D eigenvalue weighted by atomic mass is 9.98. The van der Waals surface area contributed by atoms with Crippen LogP contribution in [-0.4, -0.2) is 25.3 Å². The highest BCUT2D eigenvalue weighted by Crippen LogP contribution is 2.21. The topological polar surface area (TPSA) is 38.7 Å². The number of aliphatic imine (C=N–C) groups is 1. The van der Waals surface area contributed by atoms with Gasteiger partial charge in [0.15, 0.2) is 0 Å². The van der Waals surface area contributed by atoms with Gasteiger partial charge in [0.2, 0.25) is 0 Å². The molecule has 16 heavy (non-hydrogen) atoms. The first-order chi connectivity index (χ1) is 7.79. The minimum absolute atomic E-state index is 0.144. The molecular formula is C13H15NO2. The first-order valence-electron chi connectivity index (χ1n) is 5.45. The third kappa shape index (κ3) is 2.48. The Morgan fingerprint density at radius 2 is 2.19 bits per heavy atom. The third-order valence-electron chi connectivity index (χ3n) is 2.81. The predicted molar refractivity (Wildman–Crippen MR) is 62.6 cm³/mol. The molecule has 3 nitrogen and oxygen atoms in total. The number of methoxy groups -OCH3 is 1. The van der Waals surface area contributed by atoms with Gasteiger partial charge in [0.05, 0.1) is 13.5 Å². The molecule has 0 aromatic heterocycles. The fraction of sp³-hybridized carbons (Fsp3) is 0.385. The molecule has 1 aromatic rings. The molecule has 0 aliphatic carbocycles. The zero-order valence-electron chi connectivity index (χ0n) is 9.35. The summed E-state index contributed by atoms with van der Waals surface area (Å²) in [6, 6.07) is 10.1. The number of esters is 1. The van der Waals surface area contributed by atoms with Crippen molar-refractivity contribution in [2.75, 3.05) is 13.7 Å². The van der Waals surface area contributed by atoms with Gasteiger partial charge in [-0.05, 0) is 17.9 Å². The molecule has 0 amide bonds. The standard InChI is InChI=1S/C13H15NO2/c1-16-13(15)8-10-7-12(14-9-10)11-5-3-2-4-6-11/h2-6,10H,7-9H2,1H3. The Morgan fingerprint density at radius 1 is 1.44 bits per heavy atom. The Kier molecular flexibility index (Phi) is 3.34. The van der Waals surface area contributed by atoms with E-state index in [1.165, 1.54) is 7.11 Å². The summed E-state index contributed by atoms with van der Waals surface area (Å²) < 4.78 is 4.66. The van der Waals surface area contributed by atoms with Crippen LogP contribution in [0.25, 0.3) is 0 Å². The van der Waals surface area contributed by atoms with Gasteiger partial charge in [0.25, 0.3) is 0 Å². The molecule has 0 fully saturated rings. The van der Waals surface area contributed by atoms with Crippen molar-refractivity contribution in [1.29, 1.82) is 0 Å². The first-order valence-corrected chi connectivity index (χ1v) is 5.45. The van der Waals surface area contributed by atoms with Gasteiger partial charge in [-0.25, -0.2) is 0 Å². The number of hydrogen-bond donors (Lipinski definition) is 0. The summed E-state index contributed by atoms with van der Waals surface area (Å²) in [5, 5.41) is 0. The summed E-state index contributed by atoms with van der Waals surface area (Å²) in [5.41, 5.74) is 2.27. The molecule has 1 unspecified atom stereocenters. The van der Waals surface area contributed by atoms with Crippen molar-refractivity contribution in [2.24, 2.45) is 10.9 Å². The lowest BCUT2D eigenvalue weighted by molar-refractivity contribution is -0.141. The van der Waals surface area contributed by atoms with Crippen LogP contribution in [0.3, 0.4) is 0 Å². The number of nitrogens with zero attached hydrogens (tertiary/aromatic N) is 1. The minimum atomic E-state index is -0.144. The van der Waals surface area contributed by atoms with Crippen LogP contribution in [0.15, 0.2) is 35.3 Å². The van der Waals surface area contributed by atoms with Crippen molar-refractivity contribution in [1.82, 2.24) is 0 Å². The van der Waals surface area contributed by atoms with Gasteiger partial charge in [-0.15, -0.1) is 0 Å². The second kappa shape index (κ2) is 4.92. The summed E-state index contributed by atoms with van der Waals surface area (Å²) in [6.45, 7) is 0.735. The molecular weight excluding hydrogens is 202 g/mol. The molecule has 1 aliphatic heterocycles. The molecule has 3 heteroatoms. The lowest BCUT2D eigenvalue weighted by Gasteiger charge is -2.06. The van der Waals surface area contributed by atoms with E-state index in [0.717, 1.165) is 24.2 Å². The van der Waals surface area contributed by atoms with E-state index < -0.39 is 0 Å². The van der Waals surface area contributed by atoms with Crippen molar-refractivity contribution >= 4 is 11.7 Å². The van der Waals surface area contributed by atoms with Gasteiger partial charge in [-0.2, -0.15) is 0 Å². The van der Waals surface area contributed by atoms with Gasteiger partial charge in [-0.1, -0.05) is 30.3 Å². The van der Waals surface area contributed by atoms with E-state index in [1.807, 2.05) is 18.2 Å². The summed E-state index contributed by atoms with van der Waals surface area (Å²) in [6.07, 6.45) is 1.34. The Hall–Kier alpha value is -1.64. The van der Waals surface area contributed by atoms with Crippen LogP contribution in [0.2, 0.25) is 0 Å². The van der Waals surface area contributed by atoms with Crippen LogP contribution in [0, 0.1) is 5.92 Å². The quantitative estimate of drug-likeness (QED) is 0.727. The first kappa shape index (κ1) is 10.9. The largest absolute Gasteiger partial charge is 0.469 e. The summed E-state index contributed by atoms with van der Waals surface area (Å²) in [5.74, 6) is 0.164. The van der Waals surface area contributed by atoms with Gasteiger partial charge in [0, 0.05) is 12.3 Å². The maximum Gasteiger partial charge on any atom is 0.305 e. The molecule has 1 atom stereocenters. The lowest BCUT2D eigenvalue weighted by Crippen LogP contribution is -2.11. The monoisotopic (exact) mass is 217 g/mol. The summed E-state index contributed by atoms with van der Waals surface area (Å²) in [4.78, 5) is 15.6. The van der Waals surface area contributed by atoms with Crippen molar-refractivity contribution in [3.8, 4) is 0 Å². The Morgan fingerprint density at radius 3 is 2.88 bits per heavy atom. The van der Waals surface area contributed by atoms with E-state index in [4.69, 9.17) is 0 Å². The highest BCUT2D eigenvalue weighted by Gasteiger charge is 2.22. The van der Waals surface area contributed by atoms with E-state index >= 15 is 0 Å². The molecule has 0 N–H and O–H groups in total. The van der Waals surface area contributed by atoms with Crippen molar-refractivity contribution in [2.45, 2.75) is 12.8 Å². The average Bonchev–Trinajstić information content (AvgIpc) is 2.78. The molecule has 1 aromatic carbocycles. The minimum Gasteiger partial charge on any atom is -0.469 e. The fourth-order valence-corrected chi connectivity index (χ4v) is 1.94. The number of hydrogen-bond acceptors (Lipinski definition) is 3. The van der Waals surface area contributed by atoms with Crippen LogP contribution in [0.1, 0.15) is 18.4 Å². The number of rotatable bonds is 3. The smallest absolute Gasteiger partial charge is 0.305 e. The Balaban J connectivity index is 1.95. The molecule has 1 aliphatic rings. The number of ether oxygens (including phenoxy) is 1. The van der Waals surface area contributed by atoms with Crippen LogP contribution in [0.5, 0.6) is 0 Å². The maximum atomic E-state index is 11.1. The molecule has 0 spiro atoms. The number of carbonyl (C=O) groups is 1. The molecule has 0 saturated carbocycles. The molecule has 1 heterocycles. The second-order valence-electron chi connectivity index (χ2n) is 4.00. The molecule has 84 valence electrons. The van der Waals surface area contributed by atoms with E-state index in [9.17, 15) is 4.79 Å². The molecule has 0 radical (unpaired) electrons. The van der Waals surface area contributed by atoms with Crippen LogP contribution < -0.4 is 0 Å². The van der Waals surface area contributed by atoms with Gasteiger partial charge in [-0.3, -0.25) is 9.79 Å². The van der Waals surface area contributed by atoms with E-state index in [0.29, 0.717) is 12.3 Å². The van der Waals surface area contributed by atoms with Crippen LogP contribution in [0.4, 0.5) is 0 Å². The van der Waals surface area contributed by atoms with E-state index in [-0.39, 0.29) is 5.97 Å². The molecule has 0 bridgehead atoms. The van der Waals surface area contributed by atoms with E-state index in [2.05, 4.69) is 21.9 Å². The zero-order valence-corrected chi connectivity index (χ0v) is 9.35. The van der Waals surface area contributed by atoms with Crippen molar-refractivity contribution in [3.63, 3.8) is 0 Å². The number of benzene rings is 1. The van der Waals surface area contributed by atoms with Crippen LogP contribution >= 0.6 is 0 Å². The summed E-state index contributed by atoms with van der Waals surface area (Å²) >= 11 is 0. The fourth-order valence-electron chi connectivity index (χ4n) is 1.94. The highest BCUT2D eigenvalue weighted by atomic mass is 16.5. The van der Waals surface area contributed by atoms with E-state index in [1.54, 1.807) is 0 Å². The Labute approximate surface area is 95.2 Å². The normalized spacial score (nSPS) is 19.3. The zero-order chi connectivity index (χ0) is 11.4. The molecule has 0 saturated heterocycles. The van der Waals surface area contributed by atoms with Crippen LogP contribution in [-0.2, 0) is 9.53 Å². The third-order valence-corrected chi connectivity index (χ3v) is 2.81. The average molecular weight is 217 g/mol. The SMILES string of the molecule is COC(=O)CC1CN=C(c2ccccc2)C1. The van der Waals surface area contributed by atoms with Gasteiger partial charge in [0.1, 0.15) is 0 Å².